The van der Waals surface area contributed by atoms with Gasteiger partial charge in [-0.3, -0.25) is 9.78 Å². The molecule has 0 radical (unpaired) electrons. The molecule has 0 saturated carbocycles. The second kappa shape index (κ2) is 12.6. The number of carbonyl (C=O) groups excluding carboxylic acids is 3. The lowest BCUT2D eigenvalue weighted by Gasteiger charge is -2.18. The molecule has 3 aromatic rings. The summed E-state index contributed by atoms with van der Waals surface area (Å²) in [4.78, 5) is 40.9. The Balaban J connectivity index is 1.51. The van der Waals surface area contributed by atoms with E-state index >= 15 is 0 Å². The summed E-state index contributed by atoms with van der Waals surface area (Å²) in [5, 5.41) is 5.02. The highest BCUT2D eigenvalue weighted by atomic mass is 16.5. The minimum Gasteiger partial charge on any atom is -0.459 e. The van der Waals surface area contributed by atoms with Crippen LogP contribution in [0.25, 0.3) is 0 Å². The molecule has 1 heterocycles. The number of nitrogens with one attached hydrogen (secondary N) is 2. The van der Waals surface area contributed by atoms with Crippen molar-refractivity contribution in [3.63, 3.8) is 0 Å². The minimum atomic E-state index is -0.913. The van der Waals surface area contributed by atoms with Gasteiger partial charge in [0.05, 0.1) is 0 Å². The monoisotopic (exact) mass is 447 g/mol. The Bertz CT molecular complexity index is 1030. The molecule has 0 saturated heterocycles. The Morgan fingerprint density at radius 1 is 0.758 bits per heavy atom. The van der Waals surface area contributed by atoms with Crippen LogP contribution in [-0.4, -0.2) is 35.5 Å². The molecular formula is C25H25N3O5. The van der Waals surface area contributed by atoms with E-state index in [0.29, 0.717) is 0 Å². The predicted molar refractivity (Wildman–Crippen MR) is 121 cm³/mol. The minimum absolute atomic E-state index is 0.0621. The van der Waals surface area contributed by atoms with Crippen LogP contribution >= 0.6 is 0 Å². The van der Waals surface area contributed by atoms with Crippen molar-refractivity contribution in [3.8, 4) is 0 Å². The molecule has 0 aliphatic heterocycles. The SMILES string of the molecule is O=C(CNC(=O)OCc1ccccc1)N[C@@H](Cc1ccccc1)C(=O)OCc1ccncc1. The number of esters is 1. The largest absolute Gasteiger partial charge is 0.459 e. The predicted octanol–water partition coefficient (Wildman–Crippen LogP) is 2.78. The summed E-state index contributed by atoms with van der Waals surface area (Å²) in [6.45, 7) is -0.185. The molecular weight excluding hydrogens is 422 g/mol. The summed E-state index contributed by atoms with van der Waals surface area (Å²) in [6, 6.07) is 21.0. The average molecular weight is 447 g/mol. The van der Waals surface area contributed by atoms with Crippen LogP contribution in [0.4, 0.5) is 4.79 Å². The smallest absolute Gasteiger partial charge is 0.407 e. The summed E-state index contributed by atoms with van der Waals surface area (Å²) in [5.74, 6) is -1.11. The van der Waals surface area contributed by atoms with E-state index in [1.165, 1.54) is 0 Å². The van der Waals surface area contributed by atoms with E-state index in [-0.39, 0.29) is 26.2 Å². The normalized spacial score (nSPS) is 11.2. The standard InChI is InChI=1S/C25H25N3O5/c29-23(16-27-25(31)33-18-20-9-5-2-6-10-20)28-22(15-19-7-3-1-4-8-19)24(30)32-17-21-11-13-26-14-12-21/h1-14,22H,15-18H2,(H,27,31)(H,28,29)/t22-/m0/s1. The second-order valence-corrected chi connectivity index (χ2v) is 7.19. The third-order valence-electron chi connectivity index (χ3n) is 4.64. The Morgan fingerprint density at radius 3 is 2.00 bits per heavy atom. The summed E-state index contributed by atoms with van der Waals surface area (Å²) in [6.07, 6.45) is 2.73. The van der Waals surface area contributed by atoms with E-state index in [1.807, 2.05) is 60.7 Å². The summed E-state index contributed by atoms with van der Waals surface area (Å²) >= 11 is 0. The summed E-state index contributed by atoms with van der Waals surface area (Å²) in [7, 11) is 0. The van der Waals surface area contributed by atoms with Gasteiger partial charge in [0.2, 0.25) is 5.91 Å². The van der Waals surface area contributed by atoms with Crippen molar-refractivity contribution in [3.05, 3.63) is 102 Å². The molecule has 0 unspecified atom stereocenters. The Kier molecular flexibility index (Phi) is 8.96. The molecule has 0 aliphatic rings. The maximum atomic E-state index is 12.7. The van der Waals surface area contributed by atoms with Crippen molar-refractivity contribution in [1.29, 1.82) is 0 Å². The van der Waals surface area contributed by atoms with Gasteiger partial charge in [-0.05, 0) is 28.8 Å². The fourth-order valence-corrected chi connectivity index (χ4v) is 2.95. The second-order valence-electron chi connectivity index (χ2n) is 7.19. The van der Waals surface area contributed by atoms with Gasteiger partial charge in [-0.25, -0.2) is 9.59 Å². The molecule has 2 N–H and O–H groups in total. The molecule has 0 aliphatic carbocycles. The number of hydrogen-bond donors (Lipinski definition) is 2. The van der Waals surface area contributed by atoms with Crippen LogP contribution in [-0.2, 0) is 38.7 Å². The zero-order chi connectivity index (χ0) is 23.3. The number of benzene rings is 2. The molecule has 170 valence electrons. The van der Waals surface area contributed by atoms with Crippen LogP contribution in [0.1, 0.15) is 16.7 Å². The first-order valence-electron chi connectivity index (χ1n) is 10.4. The number of rotatable bonds is 10. The quantitative estimate of drug-likeness (QED) is 0.463. The van der Waals surface area contributed by atoms with Gasteiger partial charge in [0.15, 0.2) is 0 Å². The fraction of sp³-hybridized carbons (Fsp3) is 0.200. The van der Waals surface area contributed by atoms with E-state index in [9.17, 15) is 14.4 Å². The van der Waals surface area contributed by atoms with E-state index < -0.39 is 24.0 Å². The van der Waals surface area contributed by atoms with Crippen molar-refractivity contribution in [1.82, 2.24) is 15.6 Å². The molecule has 1 atom stereocenters. The Hall–Kier alpha value is -4.20. The van der Waals surface area contributed by atoms with Gasteiger partial charge < -0.3 is 20.1 Å². The zero-order valence-corrected chi connectivity index (χ0v) is 18.0. The van der Waals surface area contributed by atoms with E-state index in [2.05, 4.69) is 15.6 Å². The van der Waals surface area contributed by atoms with Gasteiger partial charge in [0.1, 0.15) is 25.8 Å². The van der Waals surface area contributed by atoms with E-state index in [1.54, 1.807) is 24.5 Å². The van der Waals surface area contributed by atoms with Crippen molar-refractivity contribution >= 4 is 18.0 Å². The number of nitrogens with zero attached hydrogens (tertiary/aromatic N) is 1. The van der Waals surface area contributed by atoms with Gasteiger partial charge in [-0.2, -0.15) is 0 Å². The molecule has 0 bridgehead atoms. The van der Waals surface area contributed by atoms with Crippen LogP contribution < -0.4 is 10.6 Å². The van der Waals surface area contributed by atoms with Gasteiger partial charge in [0, 0.05) is 18.8 Å². The van der Waals surface area contributed by atoms with Crippen LogP contribution in [0.2, 0.25) is 0 Å². The molecule has 2 amide bonds. The number of carbonyl (C=O) groups is 3. The van der Waals surface area contributed by atoms with Crippen LogP contribution in [0.15, 0.2) is 85.2 Å². The number of amides is 2. The van der Waals surface area contributed by atoms with Crippen LogP contribution in [0.3, 0.4) is 0 Å². The van der Waals surface area contributed by atoms with Gasteiger partial charge in [-0.1, -0.05) is 60.7 Å². The molecule has 1 aromatic heterocycles. The fourth-order valence-electron chi connectivity index (χ4n) is 2.95. The third kappa shape index (κ3) is 8.45. The maximum absolute atomic E-state index is 12.7. The lowest BCUT2D eigenvalue weighted by molar-refractivity contribution is -0.149. The highest BCUT2D eigenvalue weighted by Gasteiger charge is 2.23. The lowest BCUT2D eigenvalue weighted by Crippen LogP contribution is -2.47. The highest BCUT2D eigenvalue weighted by molar-refractivity contribution is 5.87. The number of aromatic nitrogens is 1. The number of pyridine rings is 1. The number of hydrogen-bond acceptors (Lipinski definition) is 6. The number of alkyl carbamates (subject to hydrolysis) is 1. The number of ether oxygens (including phenoxy) is 2. The Morgan fingerprint density at radius 2 is 1.33 bits per heavy atom. The van der Waals surface area contributed by atoms with Crippen molar-refractivity contribution < 1.29 is 23.9 Å². The van der Waals surface area contributed by atoms with Crippen molar-refractivity contribution in [2.75, 3.05) is 6.54 Å². The maximum Gasteiger partial charge on any atom is 0.407 e. The lowest BCUT2D eigenvalue weighted by atomic mass is 10.1. The van der Waals surface area contributed by atoms with Gasteiger partial charge in [0.25, 0.3) is 0 Å². The van der Waals surface area contributed by atoms with Gasteiger partial charge in [-0.15, -0.1) is 0 Å². The molecule has 0 spiro atoms. The zero-order valence-electron chi connectivity index (χ0n) is 18.0. The van der Waals surface area contributed by atoms with Crippen LogP contribution in [0.5, 0.6) is 0 Å². The molecule has 2 aromatic carbocycles. The molecule has 8 heteroatoms. The molecule has 8 nitrogen and oxygen atoms in total. The molecule has 3 rings (SSSR count). The first kappa shape index (κ1) is 23.5. The molecule has 33 heavy (non-hydrogen) atoms. The summed E-state index contributed by atoms with van der Waals surface area (Å²) < 4.78 is 10.5. The van der Waals surface area contributed by atoms with Crippen molar-refractivity contribution in [2.24, 2.45) is 0 Å². The first-order chi connectivity index (χ1) is 16.1. The van der Waals surface area contributed by atoms with E-state index in [0.717, 1.165) is 16.7 Å². The molecule has 0 fully saturated rings. The average Bonchev–Trinajstić information content (AvgIpc) is 2.86. The van der Waals surface area contributed by atoms with Crippen molar-refractivity contribution in [2.45, 2.75) is 25.7 Å². The highest BCUT2D eigenvalue weighted by Crippen LogP contribution is 2.07. The van der Waals surface area contributed by atoms with Crippen LogP contribution in [0, 0.1) is 0 Å². The Labute approximate surface area is 191 Å². The summed E-state index contributed by atoms with van der Waals surface area (Å²) in [5.41, 5.74) is 2.47. The third-order valence-corrected chi connectivity index (χ3v) is 4.64. The van der Waals surface area contributed by atoms with E-state index in [4.69, 9.17) is 9.47 Å². The topological polar surface area (TPSA) is 107 Å². The van der Waals surface area contributed by atoms with Gasteiger partial charge >= 0.3 is 12.1 Å². The first-order valence-corrected chi connectivity index (χ1v) is 10.4.